The molecule has 4 nitrogen and oxygen atoms in total. The zero-order valence-electron chi connectivity index (χ0n) is 10.5. The second-order valence-corrected chi connectivity index (χ2v) is 4.24. The summed E-state index contributed by atoms with van der Waals surface area (Å²) in [5.74, 6) is -0.168. The standard InChI is InChI=1S/C11H23NO3/c1-6-12(7-8-14-4)9-11(2,3)10(13)15-5/h6-9H2,1-5H3. The summed E-state index contributed by atoms with van der Waals surface area (Å²) in [5, 5.41) is 0. The van der Waals surface area contributed by atoms with E-state index in [-0.39, 0.29) is 5.97 Å². The number of ether oxygens (including phenoxy) is 2. The SMILES string of the molecule is CCN(CCOC)CC(C)(C)C(=O)OC. The lowest BCUT2D eigenvalue weighted by Crippen LogP contribution is -2.41. The molecule has 0 radical (unpaired) electrons. The monoisotopic (exact) mass is 217 g/mol. The molecule has 90 valence electrons. The third-order valence-corrected chi connectivity index (χ3v) is 2.42. The first-order chi connectivity index (χ1) is 6.97. The van der Waals surface area contributed by atoms with Crippen LogP contribution in [-0.4, -0.2) is 51.3 Å². The fourth-order valence-electron chi connectivity index (χ4n) is 1.47. The average molecular weight is 217 g/mol. The molecule has 0 unspecified atom stereocenters. The van der Waals surface area contributed by atoms with Crippen molar-refractivity contribution >= 4 is 5.97 Å². The van der Waals surface area contributed by atoms with Gasteiger partial charge in [-0.15, -0.1) is 0 Å². The molecule has 0 saturated heterocycles. The van der Waals surface area contributed by atoms with E-state index in [1.165, 1.54) is 7.11 Å². The van der Waals surface area contributed by atoms with Crippen molar-refractivity contribution in [1.29, 1.82) is 0 Å². The molecule has 0 atom stereocenters. The third-order valence-electron chi connectivity index (χ3n) is 2.42. The largest absolute Gasteiger partial charge is 0.469 e. The maximum atomic E-state index is 11.5. The summed E-state index contributed by atoms with van der Waals surface area (Å²) in [7, 11) is 3.11. The van der Waals surface area contributed by atoms with E-state index in [0.717, 1.165) is 13.1 Å². The Hall–Kier alpha value is -0.610. The molecule has 0 spiro atoms. The van der Waals surface area contributed by atoms with Gasteiger partial charge in [-0.2, -0.15) is 0 Å². The molecule has 0 aliphatic heterocycles. The summed E-state index contributed by atoms with van der Waals surface area (Å²) in [6.07, 6.45) is 0. The van der Waals surface area contributed by atoms with Crippen molar-refractivity contribution < 1.29 is 14.3 Å². The van der Waals surface area contributed by atoms with Crippen LogP contribution in [0.15, 0.2) is 0 Å². The van der Waals surface area contributed by atoms with E-state index in [4.69, 9.17) is 9.47 Å². The molecule has 4 heteroatoms. The fraction of sp³-hybridized carbons (Fsp3) is 0.909. The molecule has 0 aromatic carbocycles. The van der Waals surface area contributed by atoms with Crippen LogP contribution in [0.1, 0.15) is 20.8 Å². The number of methoxy groups -OCH3 is 2. The van der Waals surface area contributed by atoms with Gasteiger partial charge in [0.1, 0.15) is 0 Å². The van der Waals surface area contributed by atoms with Crippen LogP contribution in [0.4, 0.5) is 0 Å². The van der Waals surface area contributed by atoms with Crippen molar-refractivity contribution in [2.24, 2.45) is 5.41 Å². The van der Waals surface area contributed by atoms with Gasteiger partial charge >= 0.3 is 5.97 Å². The van der Waals surface area contributed by atoms with Crippen LogP contribution in [0, 0.1) is 5.41 Å². The Balaban J connectivity index is 4.20. The molecule has 0 aromatic heterocycles. The molecule has 0 heterocycles. The quantitative estimate of drug-likeness (QED) is 0.600. The Morgan fingerprint density at radius 3 is 2.33 bits per heavy atom. The highest BCUT2D eigenvalue weighted by atomic mass is 16.5. The van der Waals surface area contributed by atoms with E-state index < -0.39 is 5.41 Å². The van der Waals surface area contributed by atoms with Crippen molar-refractivity contribution in [3.05, 3.63) is 0 Å². The lowest BCUT2D eigenvalue weighted by Gasteiger charge is -2.29. The fourth-order valence-corrected chi connectivity index (χ4v) is 1.47. The van der Waals surface area contributed by atoms with E-state index in [2.05, 4.69) is 11.8 Å². The zero-order chi connectivity index (χ0) is 11.9. The molecule has 0 N–H and O–H groups in total. The average Bonchev–Trinajstić information content (AvgIpc) is 2.22. The summed E-state index contributed by atoms with van der Waals surface area (Å²) < 4.78 is 9.79. The topological polar surface area (TPSA) is 38.8 Å². The molecule has 0 aliphatic carbocycles. The molecule has 0 amide bonds. The molecule has 0 rings (SSSR count). The zero-order valence-corrected chi connectivity index (χ0v) is 10.5. The number of rotatable bonds is 7. The van der Waals surface area contributed by atoms with E-state index in [9.17, 15) is 4.79 Å². The number of hydrogen-bond acceptors (Lipinski definition) is 4. The molecule has 0 bridgehead atoms. The minimum Gasteiger partial charge on any atom is -0.469 e. The van der Waals surface area contributed by atoms with Crippen LogP contribution in [-0.2, 0) is 14.3 Å². The van der Waals surface area contributed by atoms with Crippen LogP contribution in [0.5, 0.6) is 0 Å². The second kappa shape index (κ2) is 6.80. The van der Waals surface area contributed by atoms with Crippen molar-refractivity contribution in [2.75, 3.05) is 40.5 Å². The maximum Gasteiger partial charge on any atom is 0.312 e. The second-order valence-electron chi connectivity index (χ2n) is 4.24. The van der Waals surface area contributed by atoms with Gasteiger partial charge in [0.2, 0.25) is 0 Å². The van der Waals surface area contributed by atoms with E-state index in [0.29, 0.717) is 13.2 Å². The minimum atomic E-state index is -0.460. The smallest absolute Gasteiger partial charge is 0.312 e. The highest BCUT2D eigenvalue weighted by molar-refractivity contribution is 5.76. The van der Waals surface area contributed by atoms with Gasteiger partial charge in [0, 0.05) is 20.2 Å². The van der Waals surface area contributed by atoms with E-state index >= 15 is 0 Å². The maximum absolute atomic E-state index is 11.5. The molecule has 0 aliphatic rings. The van der Waals surface area contributed by atoms with Gasteiger partial charge in [-0.1, -0.05) is 6.92 Å². The summed E-state index contributed by atoms with van der Waals surface area (Å²) in [5.41, 5.74) is -0.460. The van der Waals surface area contributed by atoms with E-state index in [1.807, 2.05) is 13.8 Å². The highest BCUT2D eigenvalue weighted by Gasteiger charge is 2.30. The number of hydrogen-bond donors (Lipinski definition) is 0. The third kappa shape index (κ3) is 5.14. The van der Waals surface area contributed by atoms with Crippen molar-refractivity contribution in [3.8, 4) is 0 Å². The number of carbonyl (C=O) groups is 1. The lowest BCUT2D eigenvalue weighted by atomic mass is 9.93. The van der Waals surface area contributed by atoms with Crippen molar-refractivity contribution in [1.82, 2.24) is 4.90 Å². The van der Waals surface area contributed by atoms with Crippen LogP contribution in [0.2, 0.25) is 0 Å². The van der Waals surface area contributed by atoms with Crippen molar-refractivity contribution in [2.45, 2.75) is 20.8 Å². The summed E-state index contributed by atoms with van der Waals surface area (Å²) in [6.45, 7) is 8.99. The van der Waals surface area contributed by atoms with Crippen LogP contribution in [0.25, 0.3) is 0 Å². The van der Waals surface area contributed by atoms with Gasteiger partial charge in [-0.3, -0.25) is 4.79 Å². The lowest BCUT2D eigenvalue weighted by molar-refractivity contribution is -0.151. The van der Waals surface area contributed by atoms with Crippen molar-refractivity contribution in [3.63, 3.8) is 0 Å². The number of nitrogens with zero attached hydrogens (tertiary/aromatic N) is 1. The summed E-state index contributed by atoms with van der Waals surface area (Å²) in [6, 6.07) is 0. The molecular formula is C11H23NO3. The molecular weight excluding hydrogens is 194 g/mol. The Morgan fingerprint density at radius 2 is 1.93 bits per heavy atom. The van der Waals surface area contributed by atoms with Crippen LogP contribution >= 0.6 is 0 Å². The predicted octanol–water partition coefficient (Wildman–Crippen LogP) is 1.15. The van der Waals surface area contributed by atoms with Gasteiger partial charge in [0.15, 0.2) is 0 Å². The first-order valence-electron chi connectivity index (χ1n) is 5.27. The van der Waals surface area contributed by atoms with Gasteiger partial charge < -0.3 is 14.4 Å². The normalized spacial score (nSPS) is 11.9. The Bertz CT molecular complexity index is 192. The first kappa shape index (κ1) is 14.4. The van der Waals surface area contributed by atoms with Gasteiger partial charge in [0.05, 0.1) is 19.1 Å². The molecule has 0 aromatic rings. The number of likely N-dealkylation sites (N-methyl/N-ethyl adjacent to an activating group) is 1. The molecule has 15 heavy (non-hydrogen) atoms. The number of carbonyl (C=O) groups excluding carboxylic acids is 1. The van der Waals surface area contributed by atoms with Gasteiger partial charge in [-0.25, -0.2) is 0 Å². The van der Waals surface area contributed by atoms with Gasteiger partial charge in [-0.05, 0) is 20.4 Å². The Labute approximate surface area is 92.5 Å². The summed E-state index contributed by atoms with van der Waals surface area (Å²) >= 11 is 0. The van der Waals surface area contributed by atoms with Crippen LogP contribution in [0.3, 0.4) is 0 Å². The first-order valence-corrected chi connectivity index (χ1v) is 5.27. The Kier molecular flexibility index (Phi) is 6.52. The minimum absolute atomic E-state index is 0.168. The van der Waals surface area contributed by atoms with E-state index in [1.54, 1.807) is 7.11 Å². The summed E-state index contributed by atoms with van der Waals surface area (Å²) in [4.78, 5) is 13.7. The Morgan fingerprint density at radius 1 is 1.33 bits per heavy atom. The molecule has 0 saturated carbocycles. The van der Waals surface area contributed by atoms with Crippen LogP contribution < -0.4 is 0 Å². The highest BCUT2D eigenvalue weighted by Crippen LogP contribution is 2.18. The molecule has 0 fully saturated rings. The number of esters is 1. The predicted molar refractivity (Wildman–Crippen MR) is 59.8 cm³/mol. The van der Waals surface area contributed by atoms with Gasteiger partial charge in [0.25, 0.3) is 0 Å².